The molecule has 0 unspecified atom stereocenters. The number of benzene rings is 1. The molecule has 24 heavy (non-hydrogen) atoms. The maximum Gasteiger partial charge on any atom is 0.494 e. The fourth-order valence-corrected chi connectivity index (χ4v) is 2.67. The molecule has 2 aromatic rings. The van der Waals surface area contributed by atoms with Gasteiger partial charge in [-0.05, 0) is 57.4 Å². The zero-order valence-corrected chi connectivity index (χ0v) is 14.7. The SMILES string of the molecule is COC(=O)c1cc(B2OC(C)(C)C(C)(C)O2)ccc1-n1cccc1. The fraction of sp³-hybridized carbons (Fsp3) is 0.389. The van der Waals surface area contributed by atoms with E-state index in [2.05, 4.69) is 0 Å². The van der Waals surface area contributed by atoms with Gasteiger partial charge in [-0.2, -0.15) is 0 Å². The predicted molar refractivity (Wildman–Crippen MR) is 92.8 cm³/mol. The number of nitrogens with zero attached hydrogens (tertiary/aromatic N) is 1. The third-order valence-corrected chi connectivity index (χ3v) is 4.83. The van der Waals surface area contributed by atoms with E-state index in [1.54, 1.807) is 6.07 Å². The van der Waals surface area contributed by atoms with Crippen LogP contribution in [0.5, 0.6) is 0 Å². The molecule has 5 nitrogen and oxygen atoms in total. The van der Waals surface area contributed by atoms with E-state index in [1.807, 2.05) is 68.9 Å². The number of aromatic nitrogens is 1. The Kier molecular flexibility index (Phi) is 4.05. The van der Waals surface area contributed by atoms with Crippen molar-refractivity contribution in [2.24, 2.45) is 0 Å². The molecule has 3 rings (SSSR count). The van der Waals surface area contributed by atoms with Crippen LogP contribution in [-0.2, 0) is 14.0 Å². The van der Waals surface area contributed by atoms with Gasteiger partial charge in [0, 0.05) is 12.4 Å². The Morgan fingerprint density at radius 2 is 1.67 bits per heavy atom. The van der Waals surface area contributed by atoms with Crippen molar-refractivity contribution in [2.75, 3.05) is 7.11 Å². The third kappa shape index (κ3) is 2.76. The number of rotatable bonds is 3. The summed E-state index contributed by atoms with van der Waals surface area (Å²) in [5.74, 6) is -0.392. The first-order valence-corrected chi connectivity index (χ1v) is 7.96. The van der Waals surface area contributed by atoms with Crippen LogP contribution < -0.4 is 5.46 Å². The highest BCUT2D eigenvalue weighted by Gasteiger charge is 2.51. The van der Waals surface area contributed by atoms with E-state index in [0.29, 0.717) is 5.56 Å². The summed E-state index contributed by atoms with van der Waals surface area (Å²) in [5.41, 5.74) is 1.17. The van der Waals surface area contributed by atoms with E-state index in [1.165, 1.54) is 7.11 Å². The van der Waals surface area contributed by atoms with Crippen LogP contribution in [0, 0.1) is 0 Å². The molecule has 1 aromatic heterocycles. The zero-order valence-electron chi connectivity index (χ0n) is 14.7. The smallest absolute Gasteiger partial charge is 0.465 e. The van der Waals surface area contributed by atoms with Crippen LogP contribution >= 0.6 is 0 Å². The summed E-state index contributed by atoms with van der Waals surface area (Å²) in [4.78, 5) is 12.2. The van der Waals surface area contributed by atoms with Crippen molar-refractivity contribution in [3.8, 4) is 5.69 Å². The molecule has 0 atom stereocenters. The lowest BCUT2D eigenvalue weighted by Gasteiger charge is -2.32. The van der Waals surface area contributed by atoms with Crippen LogP contribution in [0.2, 0.25) is 0 Å². The van der Waals surface area contributed by atoms with Gasteiger partial charge >= 0.3 is 13.1 Å². The monoisotopic (exact) mass is 327 g/mol. The number of carbonyl (C=O) groups is 1. The van der Waals surface area contributed by atoms with Crippen LogP contribution in [0.25, 0.3) is 5.69 Å². The van der Waals surface area contributed by atoms with Gasteiger partial charge in [-0.3, -0.25) is 0 Å². The Hall–Kier alpha value is -2.05. The predicted octanol–water partition coefficient (Wildman–Crippen LogP) is 2.56. The lowest BCUT2D eigenvalue weighted by atomic mass is 9.78. The molecule has 0 radical (unpaired) electrons. The van der Waals surface area contributed by atoms with E-state index in [4.69, 9.17) is 14.0 Å². The first-order valence-electron chi connectivity index (χ1n) is 7.96. The Morgan fingerprint density at radius 3 is 2.21 bits per heavy atom. The first-order chi connectivity index (χ1) is 11.2. The number of esters is 1. The van der Waals surface area contributed by atoms with Crippen molar-refractivity contribution in [1.29, 1.82) is 0 Å². The summed E-state index contributed by atoms with van der Waals surface area (Å²) in [6, 6.07) is 9.40. The van der Waals surface area contributed by atoms with Crippen molar-refractivity contribution < 1.29 is 18.8 Å². The molecule has 2 heterocycles. The summed E-state index contributed by atoms with van der Waals surface area (Å²) in [7, 11) is 0.862. The normalized spacial score (nSPS) is 18.6. The van der Waals surface area contributed by atoms with Gasteiger partial charge in [0.1, 0.15) is 0 Å². The van der Waals surface area contributed by atoms with E-state index in [9.17, 15) is 4.79 Å². The molecule has 1 aliphatic heterocycles. The molecular formula is C18H22BNO4. The molecule has 1 saturated heterocycles. The highest BCUT2D eigenvalue weighted by atomic mass is 16.7. The van der Waals surface area contributed by atoms with Gasteiger partial charge in [-0.15, -0.1) is 0 Å². The minimum absolute atomic E-state index is 0.392. The van der Waals surface area contributed by atoms with Gasteiger partial charge in [-0.25, -0.2) is 4.79 Å². The van der Waals surface area contributed by atoms with Gasteiger partial charge in [0.05, 0.1) is 29.6 Å². The van der Waals surface area contributed by atoms with Gasteiger partial charge in [0.2, 0.25) is 0 Å². The van der Waals surface area contributed by atoms with Crippen molar-refractivity contribution in [3.63, 3.8) is 0 Å². The van der Waals surface area contributed by atoms with E-state index in [-0.39, 0.29) is 0 Å². The minimum Gasteiger partial charge on any atom is -0.465 e. The summed E-state index contributed by atoms with van der Waals surface area (Å²) in [6.45, 7) is 8.01. The van der Waals surface area contributed by atoms with Crippen molar-refractivity contribution in [1.82, 2.24) is 4.57 Å². The molecule has 0 bridgehead atoms. The molecule has 0 spiro atoms. The van der Waals surface area contributed by atoms with Gasteiger partial charge in [-0.1, -0.05) is 6.07 Å². The third-order valence-electron chi connectivity index (χ3n) is 4.83. The van der Waals surface area contributed by atoms with Crippen molar-refractivity contribution in [2.45, 2.75) is 38.9 Å². The van der Waals surface area contributed by atoms with Crippen molar-refractivity contribution in [3.05, 3.63) is 48.3 Å². The van der Waals surface area contributed by atoms with Crippen LogP contribution in [0.1, 0.15) is 38.1 Å². The lowest BCUT2D eigenvalue weighted by Crippen LogP contribution is -2.41. The highest BCUT2D eigenvalue weighted by Crippen LogP contribution is 2.36. The van der Waals surface area contributed by atoms with Crippen LogP contribution in [0.15, 0.2) is 42.7 Å². The molecular weight excluding hydrogens is 305 g/mol. The Morgan fingerprint density at radius 1 is 1.08 bits per heavy atom. The molecule has 6 heteroatoms. The van der Waals surface area contributed by atoms with Crippen LogP contribution in [0.3, 0.4) is 0 Å². The number of hydrogen-bond acceptors (Lipinski definition) is 4. The summed E-state index contributed by atoms with van der Waals surface area (Å²) >= 11 is 0. The van der Waals surface area contributed by atoms with Gasteiger partial charge < -0.3 is 18.6 Å². The number of carbonyl (C=O) groups excluding carboxylic acids is 1. The van der Waals surface area contributed by atoms with Gasteiger partial charge in [0.25, 0.3) is 0 Å². The largest absolute Gasteiger partial charge is 0.494 e. The van der Waals surface area contributed by atoms with E-state index in [0.717, 1.165) is 11.2 Å². The number of methoxy groups -OCH3 is 1. The molecule has 0 aliphatic carbocycles. The Labute approximate surface area is 142 Å². The highest BCUT2D eigenvalue weighted by molar-refractivity contribution is 6.62. The second-order valence-electron chi connectivity index (χ2n) is 6.95. The quantitative estimate of drug-likeness (QED) is 0.642. The van der Waals surface area contributed by atoms with Gasteiger partial charge in [0.15, 0.2) is 0 Å². The first kappa shape index (κ1) is 16.8. The van der Waals surface area contributed by atoms with Crippen molar-refractivity contribution >= 4 is 18.6 Å². The van der Waals surface area contributed by atoms with E-state index >= 15 is 0 Å². The molecule has 1 aromatic carbocycles. The second kappa shape index (κ2) is 5.79. The number of hydrogen-bond donors (Lipinski definition) is 0. The van der Waals surface area contributed by atoms with E-state index < -0.39 is 24.3 Å². The Bertz CT molecular complexity index is 736. The summed E-state index contributed by atoms with van der Waals surface area (Å²) < 4.78 is 19.0. The maximum atomic E-state index is 12.2. The van der Waals surface area contributed by atoms with Crippen LogP contribution in [-0.4, -0.2) is 36.0 Å². The second-order valence-corrected chi connectivity index (χ2v) is 6.95. The molecule has 0 saturated carbocycles. The lowest BCUT2D eigenvalue weighted by molar-refractivity contribution is 0.00578. The maximum absolute atomic E-state index is 12.2. The fourth-order valence-electron chi connectivity index (χ4n) is 2.67. The van der Waals surface area contributed by atoms with Crippen LogP contribution in [0.4, 0.5) is 0 Å². The summed E-state index contributed by atoms with van der Waals surface area (Å²) in [6.07, 6.45) is 3.77. The number of ether oxygens (including phenoxy) is 1. The average Bonchev–Trinajstić information content (AvgIpc) is 3.13. The molecule has 126 valence electrons. The average molecular weight is 327 g/mol. The molecule has 0 N–H and O–H groups in total. The summed E-state index contributed by atoms with van der Waals surface area (Å²) in [5, 5.41) is 0. The Balaban J connectivity index is 2.01. The zero-order chi connectivity index (χ0) is 17.5. The molecule has 1 fully saturated rings. The molecule has 1 aliphatic rings. The molecule has 0 amide bonds. The minimum atomic E-state index is -0.517. The standard InChI is InChI=1S/C18H22BNO4/c1-17(2)18(3,4)24-19(23-17)13-8-9-15(20-10-6-7-11-20)14(12-13)16(21)22-5/h6-12H,1-5H3. The topological polar surface area (TPSA) is 49.7 Å².